The molecule has 7 heterocycles. The van der Waals surface area contributed by atoms with Crippen molar-refractivity contribution in [2.75, 3.05) is 14.7 Å². The largest absolute Gasteiger partial charge is 0.457 e. The maximum atomic E-state index is 7.07. The smallest absolute Gasteiger partial charge is 0.257 e. The summed E-state index contributed by atoms with van der Waals surface area (Å²) in [6.45, 7) is -0.199. The maximum Gasteiger partial charge on any atom is 0.257 e. The predicted octanol–water partition coefficient (Wildman–Crippen LogP) is 10.6. The van der Waals surface area contributed by atoms with E-state index in [2.05, 4.69) is 191 Å². The minimum Gasteiger partial charge on any atom is -0.457 e. The molecule has 16 rings (SSSR count). The van der Waals surface area contributed by atoms with Gasteiger partial charge in [-0.2, -0.15) is 0 Å². The second kappa shape index (κ2) is 11.2. The maximum absolute atomic E-state index is 7.07. The molecule has 0 saturated heterocycles. The van der Waals surface area contributed by atoms with Crippen LogP contribution in [-0.4, -0.2) is 13.4 Å². The Morgan fingerprint density at radius 1 is 0.355 bits per heavy atom. The van der Waals surface area contributed by atoms with Crippen LogP contribution in [0.4, 0.5) is 51.2 Å². The monoisotopic (exact) mass is 805 g/mol. The molecule has 0 unspecified atom stereocenters. The molecule has 62 heavy (non-hydrogen) atoms. The van der Waals surface area contributed by atoms with Crippen molar-refractivity contribution in [1.29, 1.82) is 0 Å². The van der Waals surface area contributed by atoms with E-state index in [1.54, 1.807) is 0 Å². The average molecular weight is 806 g/mol. The van der Waals surface area contributed by atoms with E-state index in [1.807, 2.05) is 11.8 Å². The molecule has 0 amide bonds. The molecule has 9 aromatic carbocycles. The highest BCUT2D eigenvalue weighted by atomic mass is 32.2. The van der Waals surface area contributed by atoms with Crippen molar-refractivity contribution < 1.29 is 8.83 Å². The normalized spacial score (nSPS) is 14.5. The van der Waals surface area contributed by atoms with Crippen molar-refractivity contribution >= 4 is 153 Å². The first kappa shape index (κ1) is 32.3. The summed E-state index contributed by atoms with van der Waals surface area (Å²) < 4.78 is 14.1. The first-order valence-corrected chi connectivity index (χ1v) is 22.1. The Kier molecular flexibility index (Phi) is 5.84. The van der Waals surface area contributed by atoms with Crippen LogP contribution in [0, 0.1) is 0 Å². The van der Waals surface area contributed by atoms with Crippen LogP contribution in [-0.2, 0) is 0 Å². The lowest BCUT2D eigenvalue weighted by Gasteiger charge is -2.52. The number of hydrogen-bond donors (Lipinski definition) is 0. The number of rotatable bonds is 2. The van der Waals surface area contributed by atoms with Crippen LogP contribution < -0.4 is 47.5 Å². The number of para-hydroxylation sites is 6. The fourth-order valence-electron chi connectivity index (χ4n) is 11.9. The molecule has 0 fully saturated rings. The van der Waals surface area contributed by atoms with Gasteiger partial charge in [0.25, 0.3) is 13.4 Å². The summed E-state index contributed by atoms with van der Waals surface area (Å²) in [5.74, 6) is 0. The molecular weight excluding hydrogens is 776 g/mol. The molecule has 5 aliphatic rings. The van der Waals surface area contributed by atoms with Crippen molar-refractivity contribution in [3.63, 3.8) is 0 Å². The van der Waals surface area contributed by atoms with Gasteiger partial charge >= 0.3 is 0 Å². The fourth-order valence-corrected chi connectivity index (χ4v) is 13.1. The fraction of sp³-hybridized carbons (Fsp3) is 0. The summed E-state index contributed by atoms with van der Waals surface area (Å²) in [5.41, 5.74) is 22.1. The van der Waals surface area contributed by atoms with Gasteiger partial charge in [0, 0.05) is 71.1 Å². The predicted molar refractivity (Wildman–Crippen MR) is 258 cm³/mol. The van der Waals surface area contributed by atoms with Gasteiger partial charge < -0.3 is 23.5 Å². The molecule has 0 N–H and O–H groups in total. The molecule has 0 aliphatic carbocycles. The van der Waals surface area contributed by atoms with E-state index in [-0.39, 0.29) is 13.4 Å². The van der Waals surface area contributed by atoms with Crippen LogP contribution >= 0.6 is 11.8 Å². The first-order chi connectivity index (χ1) is 30.8. The zero-order chi connectivity index (χ0) is 39.9. The quantitative estimate of drug-likeness (QED) is 0.162. The van der Waals surface area contributed by atoms with Crippen molar-refractivity contribution in [2.45, 2.75) is 9.79 Å². The lowest BCUT2D eigenvalue weighted by molar-refractivity contribution is 0.671. The molecule has 0 spiro atoms. The standard InChI is InChI=1S/C54H29B2N3O2S/c1-3-13-30(14-4-1)57-38-27-25-34-32-17-7-9-21-42(32)60-53(34)48(38)55-36-19-11-23-44-50(36)59-51-37(20-12-24-45(51)62-44)56-47-41(29-40(57)46(55)52(47)59)58(31-15-5-2-6-16-31)39-28-26-35-33-18-8-10-22-43(33)61-54(35)49(39)56/h1-29H. The Hall–Kier alpha value is -7.54. The van der Waals surface area contributed by atoms with Crippen LogP contribution in [0.3, 0.4) is 0 Å². The molecule has 2 aromatic heterocycles. The summed E-state index contributed by atoms with van der Waals surface area (Å²) in [4.78, 5) is 10.2. The van der Waals surface area contributed by atoms with E-state index in [4.69, 9.17) is 8.83 Å². The van der Waals surface area contributed by atoms with Crippen LogP contribution in [0.25, 0.3) is 43.9 Å². The Morgan fingerprint density at radius 2 is 0.823 bits per heavy atom. The topological polar surface area (TPSA) is 36.0 Å². The Bertz CT molecular complexity index is 3600. The SMILES string of the molecule is c1ccc(N2c3cc4c5c6c3B(c3cccc7c3N6c3c(cccc3B5c3c(ccc5c3oc3ccccc35)N4c3ccccc3)S7)c3c2ccc2c3oc3ccccc32)cc1. The summed E-state index contributed by atoms with van der Waals surface area (Å²) in [6.07, 6.45) is 0. The van der Waals surface area contributed by atoms with E-state index < -0.39 is 0 Å². The average Bonchev–Trinajstić information content (AvgIpc) is 3.90. The van der Waals surface area contributed by atoms with E-state index >= 15 is 0 Å². The number of benzene rings is 9. The minimum atomic E-state index is -0.0997. The first-order valence-electron chi connectivity index (χ1n) is 21.3. The van der Waals surface area contributed by atoms with E-state index in [0.717, 1.165) is 66.6 Å². The molecule has 8 heteroatoms. The van der Waals surface area contributed by atoms with Crippen molar-refractivity contribution in [2.24, 2.45) is 0 Å². The minimum absolute atomic E-state index is 0.0997. The zero-order valence-electron chi connectivity index (χ0n) is 33.0. The molecular formula is C54H29B2N3O2S. The van der Waals surface area contributed by atoms with Gasteiger partial charge in [-0.05, 0) is 112 Å². The summed E-state index contributed by atoms with van der Waals surface area (Å²) >= 11 is 1.90. The third kappa shape index (κ3) is 3.75. The molecule has 0 saturated carbocycles. The van der Waals surface area contributed by atoms with E-state index in [1.165, 1.54) is 71.0 Å². The number of furan rings is 2. The molecule has 284 valence electrons. The molecule has 11 aromatic rings. The van der Waals surface area contributed by atoms with Gasteiger partial charge in [0.05, 0.1) is 11.4 Å². The Labute approximate surface area is 360 Å². The van der Waals surface area contributed by atoms with Crippen molar-refractivity contribution in [3.05, 3.63) is 176 Å². The summed E-state index contributed by atoms with van der Waals surface area (Å²) in [7, 11) is 0. The molecule has 0 bridgehead atoms. The van der Waals surface area contributed by atoms with Crippen molar-refractivity contribution in [3.8, 4) is 0 Å². The van der Waals surface area contributed by atoms with Crippen LogP contribution in [0.5, 0.6) is 0 Å². The summed E-state index contributed by atoms with van der Waals surface area (Å²) in [5, 5.41) is 4.57. The molecule has 5 nitrogen and oxygen atoms in total. The van der Waals surface area contributed by atoms with E-state index in [0.29, 0.717) is 0 Å². The highest BCUT2D eigenvalue weighted by molar-refractivity contribution is 7.99. The number of hydrogen-bond acceptors (Lipinski definition) is 6. The van der Waals surface area contributed by atoms with E-state index in [9.17, 15) is 0 Å². The van der Waals surface area contributed by atoms with Gasteiger partial charge in [-0.1, -0.05) is 109 Å². The third-order valence-electron chi connectivity index (χ3n) is 14.2. The number of anilines is 9. The summed E-state index contributed by atoms with van der Waals surface area (Å²) in [6, 6.07) is 64.5. The lowest BCUT2D eigenvalue weighted by Crippen LogP contribution is -2.69. The second-order valence-corrected chi connectivity index (χ2v) is 18.2. The van der Waals surface area contributed by atoms with Crippen LogP contribution in [0.2, 0.25) is 0 Å². The molecule has 0 radical (unpaired) electrons. The van der Waals surface area contributed by atoms with Gasteiger partial charge in [-0.25, -0.2) is 0 Å². The van der Waals surface area contributed by atoms with Gasteiger partial charge in [0.15, 0.2) is 0 Å². The van der Waals surface area contributed by atoms with Gasteiger partial charge in [0.2, 0.25) is 0 Å². The Morgan fingerprint density at radius 3 is 1.32 bits per heavy atom. The highest BCUT2D eigenvalue weighted by Gasteiger charge is 2.54. The van der Waals surface area contributed by atoms with Gasteiger partial charge in [-0.3, -0.25) is 0 Å². The van der Waals surface area contributed by atoms with Gasteiger partial charge in [-0.15, -0.1) is 0 Å². The van der Waals surface area contributed by atoms with Gasteiger partial charge in [0.1, 0.15) is 22.3 Å². The molecule has 5 aliphatic heterocycles. The van der Waals surface area contributed by atoms with Crippen LogP contribution in [0.1, 0.15) is 0 Å². The Balaban J connectivity index is 1.13. The molecule has 0 atom stereocenters. The lowest BCUT2D eigenvalue weighted by atomic mass is 9.28. The van der Waals surface area contributed by atoms with Crippen molar-refractivity contribution in [1.82, 2.24) is 0 Å². The zero-order valence-corrected chi connectivity index (χ0v) is 33.8. The number of nitrogens with zero attached hydrogens (tertiary/aromatic N) is 3. The third-order valence-corrected chi connectivity index (χ3v) is 15.3. The number of fused-ring (bicyclic) bond motifs is 14. The second-order valence-electron chi connectivity index (χ2n) is 17.1. The highest BCUT2D eigenvalue weighted by Crippen LogP contribution is 2.57. The van der Waals surface area contributed by atoms with Crippen LogP contribution in [0.15, 0.2) is 195 Å².